The summed E-state index contributed by atoms with van der Waals surface area (Å²) in [6, 6.07) is 11.0. The van der Waals surface area contributed by atoms with Crippen molar-refractivity contribution in [1.29, 1.82) is 0 Å². The van der Waals surface area contributed by atoms with Gasteiger partial charge < -0.3 is 11.1 Å². The van der Waals surface area contributed by atoms with Crippen molar-refractivity contribution < 1.29 is 9.18 Å². The Morgan fingerprint density at radius 1 is 1.21 bits per heavy atom. The Morgan fingerprint density at radius 3 is 2.58 bits per heavy atom. The minimum Gasteiger partial charge on any atom is -0.399 e. The first kappa shape index (κ1) is 13.5. The number of carbonyl (C=O) groups is 1. The third-order valence-corrected chi connectivity index (χ3v) is 3.29. The first-order valence-electron chi connectivity index (χ1n) is 5.64. The molecule has 0 fully saturated rings. The van der Waals surface area contributed by atoms with E-state index in [9.17, 15) is 9.18 Å². The number of benzene rings is 2. The number of hydrogen-bond acceptors (Lipinski definition) is 2. The van der Waals surface area contributed by atoms with Crippen LogP contribution in [-0.2, 0) is 6.54 Å². The van der Waals surface area contributed by atoms with Gasteiger partial charge in [-0.1, -0.05) is 12.1 Å². The highest BCUT2D eigenvalue weighted by atomic mass is 79.9. The van der Waals surface area contributed by atoms with Crippen LogP contribution in [0.4, 0.5) is 10.1 Å². The molecule has 0 aliphatic carbocycles. The minimum atomic E-state index is -0.298. The van der Waals surface area contributed by atoms with Gasteiger partial charge in [-0.05, 0) is 51.8 Å². The average Bonchev–Trinajstić information content (AvgIpc) is 2.40. The third kappa shape index (κ3) is 3.54. The zero-order chi connectivity index (χ0) is 13.8. The smallest absolute Gasteiger partial charge is 0.252 e. The summed E-state index contributed by atoms with van der Waals surface area (Å²) in [6.45, 7) is 0.334. The molecule has 1 amide bonds. The highest BCUT2D eigenvalue weighted by Gasteiger charge is 2.09. The van der Waals surface area contributed by atoms with Crippen LogP contribution in [0.2, 0.25) is 0 Å². The normalized spacial score (nSPS) is 10.2. The highest BCUT2D eigenvalue weighted by molar-refractivity contribution is 9.10. The number of nitrogens with one attached hydrogen (secondary N) is 1. The third-order valence-electron chi connectivity index (χ3n) is 2.60. The number of nitrogens with two attached hydrogens (primary N) is 1. The van der Waals surface area contributed by atoms with Gasteiger partial charge in [-0.25, -0.2) is 4.39 Å². The van der Waals surface area contributed by atoms with Gasteiger partial charge in [0.05, 0.1) is 5.56 Å². The molecule has 0 aliphatic rings. The number of anilines is 1. The van der Waals surface area contributed by atoms with E-state index in [0.29, 0.717) is 22.3 Å². The Kier molecular flexibility index (Phi) is 4.16. The van der Waals surface area contributed by atoms with E-state index in [1.165, 1.54) is 12.1 Å². The van der Waals surface area contributed by atoms with Crippen LogP contribution < -0.4 is 11.1 Å². The summed E-state index contributed by atoms with van der Waals surface area (Å²) >= 11 is 3.30. The topological polar surface area (TPSA) is 55.1 Å². The van der Waals surface area contributed by atoms with Crippen molar-refractivity contribution in [1.82, 2.24) is 5.32 Å². The van der Waals surface area contributed by atoms with Crippen LogP contribution >= 0.6 is 15.9 Å². The van der Waals surface area contributed by atoms with E-state index in [2.05, 4.69) is 21.2 Å². The van der Waals surface area contributed by atoms with Crippen molar-refractivity contribution in [3.05, 3.63) is 63.9 Å². The lowest BCUT2D eigenvalue weighted by molar-refractivity contribution is 0.0950. The van der Waals surface area contributed by atoms with Gasteiger partial charge >= 0.3 is 0 Å². The Morgan fingerprint density at radius 2 is 1.89 bits per heavy atom. The monoisotopic (exact) mass is 322 g/mol. The number of hydrogen-bond donors (Lipinski definition) is 2. The zero-order valence-corrected chi connectivity index (χ0v) is 11.6. The molecule has 0 radical (unpaired) electrons. The molecule has 5 heteroatoms. The highest BCUT2D eigenvalue weighted by Crippen LogP contribution is 2.19. The molecule has 3 nitrogen and oxygen atoms in total. The average molecular weight is 323 g/mol. The lowest BCUT2D eigenvalue weighted by Crippen LogP contribution is -2.23. The van der Waals surface area contributed by atoms with Gasteiger partial charge in [0.1, 0.15) is 5.82 Å². The maximum Gasteiger partial charge on any atom is 0.252 e. The fraction of sp³-hybridized carbons (Fsp3) is 0.0714. The lowest BCUT2D eigenvalue weighted by Gasteiger charge is -2.08. The summed E-state index contributed by atoms with van der Waals surface area (Å²) in [5.74, 6) is -0.530. The van der Waals surface area contributed by atoms with E-state index in [-0.39, 0.29) is 11.7 Å². The summed E-state index contributed by atoms with van der Waals surface area (Å²) in [7, 11) is 0. The van der Waals surface area contributed by atoms with Crippen molar-refractivity contribution in [2.75, 3.05) is 5.73 Å². The Labute approximate surface area is 118 Å². The van der Waals surface area contributed by atoms with Crippen LogP contribution in [-0.4, -0.2) is 5.91 Å². The zero-order valence-electron chi connectivity index (χ0n) is 9.99. The number of halogens is 2. The Balaban J connectivity index is 2.05. The van der Waals surface area contributed by atoms with Crippen molar-refractivity contribution in [2.24, 2.45) is 0 Å². The van der Waals surface area contributed by atoms with Gasteiger partial charge in [-0.2, -0.15) is 0 Å². The van der Waals surface area contributed by atoms with Gasteiger partial charge in [0.15, 0.2) is 0 Å². The molecule has 0 spiro atoms. The summed E-state index contributed by atoms with van der Waals surface area (Å²) < 4.78 is 13.4. The maximum absolute atomic E-state index is 12.7. The first-order chi connectivity index (χ1) is 9.06. The molecule has 0 bridgehead atoms. The molecule has 0 heterocycles. The molecule has 0 aliphatic heterocycles. The lowest BCUT2D eigenvalue weighted by atomic mass is 10.1. The van der Waals surface area contributed by atoms with Crippen LogP contribution in [0.15, 0.2) is 46.9 Å². The van der Waals surface area contributed by atoms with E-state index >= 15 is 0 Å². The van der Waals surface area contributed by atoms with Crippen LogP contribution in [0, 0.1) is 5.82 Å². The van der Waals surface area contributed by atoms with E-state index in [1.807, 2.05) is 0 Å². The van der Waals surface area contributed by atoms with Gasteiger partial charge in [0.25, 0.3) is 5.91 Å². The van der Waals surface area contributed by atoms with E-state index < -0.39 is 0 Å². The summed E-state index contributed by atoms with van der Waals surface area (Å²) in [4.78, 5) is 12.0. The number of amides is 1. The molecule has 2 aromatic carbocycles. The number of nitrogen functional groups attached to an aromatic ring is 1. The SMILES string of the molecule is Nc1ccc(Br)c(C(=O)NCc2ccc(F)cc2)c1. The molecular formula is C14H12BrFN2O. The van der Waals surface area contributed by atoms with E-state index in [1.54, 1.807) is 30.3 Å². The number of rotatable bonds is 3. The molecule has 19 heavy (non-hydrogen) atoms. The van der Waals surface area contributed by atoms with Gasteiger partial charge in [0, 0.05) is 16.7 Å². The summed E-state index contributed by atoms with van der Waals surface area (Å²) in [5.41, 5.74) is 7.47. The molecule has 3 N–H and O–H groups in total. The molecule has 0 atom stereocenters. The second kappa shape index (κ2) is 5.84. The molecule has 2 aromatic rings. The van der Waals surface area contributed by atoms with Crippen LogP contribution in [0.25, 0.3) is 0 Å². The van der Waals surface area contributed by atoms with Crippen molar-refractivity contribution in [3.8, 4) is 0 Å². The molecule has 98 valence electrons. The second-order valence-corrected chi connectivity index (χ2v) is 4.90. The van der Waals surface area contributed by atoms with Gasteiger partial charge in [-0.15, -0.1) is 0 Å². The van der Waals surface area contributed by atoms with Crippen LogP contribution in [0.3, 0.4) is 0 Å². The number of carbonyl (C=O) groups excluding carboxylic acids is 1. The fourth-order valence-corrected chi connectivity index (χ4v) is 2.02. The quantitative estimate of drug-likeness (QED) is 0.853. The van der Waals surface area contributed by atoms with E-state index in [4.69, 9.17) is 5.73 Å². The molecular weight excluding hydrogens is 311 g/mol. The Hall–Kier alpha value is -1.88. The van der Waals surface area contributed by atoms with E-state index in [0.717, 1.165) is 5.56 Å². The predicted octanol–water partition coefficient (Wildman–Crippen LogP) is 3.10. The molecule has 0 unspecified atom stereocenters. The van der Waals surface area contributed by atoms with Crippen molar-refractivity contribution in [3.63, 3.8) is 0 Å². The van der Waals surface area contributed by atoms with Crippen LogP contribution in [0.1, 0.15) is 15.9 Å². The van der Waals surface area contributed by atoms with Gasteiger partial charge in [-0.3, -0.25) is 4.79 Å². The predicted molar refractivity (Wildman–Crippen MR) is 76.1 cm³/mol. The summed E-state index contributed by atoms with van der Waals surface area (Å²) in [5, 5.41) is 2.76. The fourth-order valence-electron chi connectivity index (χ4n) is 1.60. The first-order valence-corrected chi connectivity index (χ1v) is 6.43. The Bertz CT molecular complexity index is 599. The van der Waals surface area contributed by atoms with Crippen molar-refractivity contribution in [2.45, 2.75) is 6.54 Å². The summed E-state index contributed by atoms with van der Waals surface area (Å²) in [6.07, 6.45) is 0. The molecule has 0 saturated heterocycles. The molecule has 2 rings (SSSR count). The van der Waals surface area contributed by atoms with Gasteiger partial charge in [0.2, 0.25) is 0 Å². The largest absolute Gasteiger partial charge is 0.399 e. The maximum atomic E-state index is 12.7. The standard InChI is InChI=1S/C14H12BrFN2O/c15-13-6-5-11(17)7-12(13)14(19)18-8-9-1-3-10(16)4-2-9/h1-7H,8,17H2,(H,18,19). The van der Waals surface area contributed by atoms with Crippen molar-refractivity contribution >= 4 is 27.5 Å². The molecule has 0 aromatic heterocycles. The van der Waals surface area contributed by atoms with Crippen LogP contribution in [0.5, 0.6) is 0 Å². The second-order valence-electron chi connectivity index (χ2n) is 4.05. The molecule has 0 saturated carbocycles. The minimum absolute atomic E-state index is 0.233.